The molecule has 0 aliphatic carbocycles. The number of carbonyl (C=O) groups excluding carboxylic acids is 1. The Morgan fingerprint density at radius 1 is 1.05 bits per heavy atom. The minimum Gasteiger partial charge on any atom is -0.380 e. The summed E-state index contributed by atoms with van der Waals surface area (Å²) >= 11 is 1.21. The van der Waals surface area contributed by atoms with Crippen LogP contribution in [0, 0.1) is 5.92 Å². The first kappa shape index (κ1) is 27.6. The second kappa shape index (κ2) is 11.2. The number of rotatable bonds is 8. The molecular weight excluding hydrogens is 534 g/mol. The van der Waals surface area contributed by atoms with E-state index in [1.54, 1.807) is 12.1 Å². The molecule has 4 rings (SSSR count). The van der Waals surface area contributed by atoms with E-state index in [-0.39, 0.29) is 15.4 Å². The maximum Gasteiger partial charge on any atom is 0.279 e. The highest BCUT2D eigenvalue weighted by Crippen LogP contribution is 2.24. The Morgan fingerprint density at radius 2 is 1.70 bits per heavy atom. The van der Waals surface area contributed by atoms with Gasteiger partial charge in [-0.1, -0.05) is 18.3 Å². The number of sulfonamides is 1. The van der Waals surface area contributed by atoms with Crippen LogP contribution >= 0.6 is 11.3 Å². The van der Waals surface area contributed by atoms with Gasteiger partial charge in [0.2, 0.25) is 10.0 Å². The van der Waals surface area contributed by atoms with E-state index in [0.717, 1.165) is 24.6 Å². The summed E-state index contributed by atoms with van der Waals surface area (Å²) in [6.07, 6.45) is 2.81. The third-order valence-electron chi connectivity index (χ3n) is 6.42. The van der Waals surface area contributed by atoms with Crippen LogP contribution in [0.4, 0.5) is 0 Å². The standard InChI is InChI=1S/C25H31N3O6S3/c1-4-34-16-15-28-22-10-9-21(36(3,30)31)17-23(22)35-25(28)26-24(29)19-5-7-20(8-6-19)37(32,33)27-13-11-18(2)12-14-27/h5-10,17-18H,4,11-16H2,1-3H3. The smallest absolute Gasteiger partial charge is 0.279 e. The lowest BCUT2D eigenvalue weighted by atomic mass is 10.0. The maximum atomic E-state index is 13.0. The summed E-state index contributed by atoms with van der Waals surface area (Å²) in [6.45, 7) is 6.37. The SMILES string of the molecule is CCOCCn1c(=NC(=O)c2ccc(S(=O)(=O)N3CCC(C)CC3)cc2)sc2cc(S(C)(=O)=O)ccc21. The fourth-order valence-corrected chi connectivity index (χ4v) is 7.47. The van der Waals surface area contributed by atoms with Crippen molar-refractivity contribution in [1.29, 1.82) is 0 Å². The fraction of sp³-hybridized carbons (Fsp3) is 0.440. The van der Waals surface area contributed by atoms with Gasteiger partial charge in [-0.2, -0.15) is 9.30 Å². The number of amides is 1. The average molecular weight is 566 g/mol. The number of nitrogens with zero attached hydrogens (tertiary/aromatic N) is 3. The minimum absolute atomic E-state index is 0.153. The highest BCUT2D eigenvalue weighted by Gasteiger charge is 2.28. The summed E-state index contributed by atoms with van der Waals surface area (Å²) in [7, 11) is -7.00. The van der Waals surface area contributed by atoms with Gasteiger partial charge in [-0.05, 0) is 68.1 Å². The van der Waals surface area contributed by atoms with Gasteiger partial charge < -0.3 is 9.30 Å². The fourth-order valence-electron chi connectivity index (χ4n) is 4.18. The van der Waals surface area contributed by atoms with E-state index in [2.05, 4.69) is 11.9 Å². The van der Waals surface area contributed by atoms with E-state index >= 15 is 0 Å². The Bertz CT molecular complexity index is 1560. The predicted molar refractivity (Wildman–Crippen MR) is 143 cm³/mol. The number of fused-ring (bicyclic) bond motifs is 1. The Balaban J connectivity index is 1.65. The van der Waals surface area contributed by atoms with E-state index < -0.39 is 25.8 Å². The zero-order valence-electron chi connectivity index (χ0n) is 21.1. The van der Waals surface area contributed by atoms with E-state index in [1.165, 1.54) is 46.0 Å². The van der Waals surface area contributed by atoms with Crippen LogP contribution in [0.25, 0.3) is 10.2 Å². The van der Waals surface area contributed by atoms with Crippen molar-refractivity contribution in [1.82, 2.24) is 8.87 Å². The van der Waals surface area contributed by atoms with Gasteiger partial charge in [0, 0.05) is 38.1 Å². The Hall–Kier alpha value is -2.38. The van der Waals surface area contributed by atoms with Gasteiger partial charge in [0.1, 0.15) is 0 Å². The number of hydrogen-bond acceptors (Lipinski definition) is 7. The maximum absolute atomic E-state index is 13.0. The molecule has 0 spiro atoms. The van der Waals surface area contributed by atoms with Crippen molar-refractivity contribution in [2.75, 3.05) is 32.6 Å². The second-order valence-corrected chi connectivity index (χ2v) is 14.1. The van der Waals surface area contributed by atoms with Crippen LogP contribution in [-0.2, 0) is 31.1 Å². The first-order chi connectivity index (χ1) is 17.5. The highest BCUT2D eigenvalue weighted by atomic mass is 32.2. The molecule has 37 heavy (non-hydrogen) atoms. The zero-order valence-corrected chi connectivity index (χ0v) is 23.5. The van der Waals surface area contributed by atoms with Crippen LogP contribution in [0.3, 0.4) is 0 Å². The van der Waals surface area contributed by atoms with Crippen LogP contribution in [0.2, 0.25) is 0 Å². The molecular formula is C25H31N3O6S3. The zero-order chi connectivity index (χ0) is 26.8. The van der Waals surface area contributed by atoms with Crippen LogP contribution in [0.1, 0.15) is 37.0 Å². The molecule has 1 aromatic heterocycles. The number of benzene rings is 2. The first-order valence-corrected chi connectivity index (χ1v) is 16.3. The largest absolute Gasteiger partial charge is 0.380 e. The first-order valence-electron chi connectivity index (χ1n) is 12.1. The van der Waals surface area contributed by atoms with Crippen LogP contribution in [0.5, 0.6) is 0 Å². The molecule has 2 aromatic carbocycles. The molecule has 0 saturated carbocycles. The van der Waals surface area contributed by atoms with Gasteiger partial charge in [0.15, 0.2) is 14.6 Å². The third kappa shape index (κ3) is 6.20. The van der Waals surface area contributed by atoms with Crippen molar-refractivity contribution in [2.45, 2.75) is 43.0 Å². The number of carbonyl (C=O) groups is 1. The van der Waals surface area contributed by atoms with Gasteiger partial charge >= 0.3 is 0 Å². The molecule has 1 fully saturated rings. The third-order valence-corrected chi connectivity index (χ3v) is 10.5. The van der Waals surface area contributed by atoms with Crippen molar-refractivity contribution in [3.8, 4) is 0 Å². The Morgan fingerprint density at radius 3 is 2.32 bits per heavy atom. The summed E-state index contributed by atoms with van der Waals surface area (Å²) < 4.78 is 59.5. The van der Waals surface area contributed by atoms with Crippen LogP contribution in [-0.4, -0.2) is 64.2 Å². The molecule has 0 radical (unpaired) electrons. The number of sulfone groups is 1. The molecule has 12 heteroatoms. The summed E-state index contributed by atoms with van der Waals surface area (Å²) in [6, 6.07) is 10.7. The normalized spacial score (nSPS) is 16.5. The second-order valence-electron chi connectivity index (χ2n) is 9.16. The molecule has 0 atom stereocenters. The molecule has 0 N–H and O–H groups in total. The number of ether oxygens (including phenoxy) is 1. The number of hydrogen-bond donors (Lipinski definition) is 0. The predicted octanol–water partition coefficient (Wildman–Crippen LogP) is 3.30. The van der Waals surface area contributed by atoms with Crippen molar-refractivity contribution >= 4 is 47.3 Å². The Kier molecular flexibility index (Phi) is 8.34. The lowest BCUT2D eigenvalue weighted by Gasteiger charge is -2.29. The van der Waals surface area contributed by atoms with Gasteiger partial charge in [-0.15, -0.1) is 0 Å². The average Bonchev–Trinajstić information content (AvgIpc) is 3.20. The van der Waals surface area contributed by atoms with Gasteiger partial charge in [0.25, 0.3) is 5.91 Å². The quantitative estimate of drug-likeness (QED) is 0.387. The van der Waals surface area contributed by atoms with Crippen molar-refractivity contribution in [2.24, 2.45) is 10.9 Å². The van der Waals surface area contributed by atoms with E-state index in [1.807, 2.05) is 11.5 Å². The van der Waals surface area contributed by atoms with Gasteiger partial charge in [0.05, 0.1) is 26.6 Å². The van der Waals surface area contributed by atoms with E-state index in [9.17, 15) is 21.6 Å². The molecule has 1 aliphatic rings. The number of thiazole rings is 1. The van der Waals surface area contributed by atoms with Crippen molar-refractivity contribution in [3.63, 3.8) is 0 Å². The van der Waals surface area contributed by atoms with E-state index in [0.29, 0.717) is 48.3 Å². The Labute approximate surface area is 221 Å². The molecule has 200 valence electrons. The van der Waals surface area contributed by atoms with Gasteiger partial charge in [-0.3, -0.25) is 4.79 Å². The molecule has 0 unspecified atom stereocenters. The van der Waals surface area contributed by atoms with Crippen LogP contribution in [0.15, 0.2) is 57.2 Å². The molecule has 1 aliphatic heterocycles. The number of aromatic nitrogens is 1. The van der Waals surface area contributed by atoms with Crippen molar-refractivity contribution < 1.29 is 26.4 Å². The topological polar surface area (TPSA) is 115 Å². The molecule has 9 nitrogen and oxygen atoms in total. The van der Waals surface area contributed by atoms with Gasteiger partial charge in [-0.25, -0.2) is 16.8 Å². The van der Waals surface area contributed by atoms with Crippen LogP contribution < -0.4 is 4.80 Å². The summed E-state index contributed by atoms with van der Waals surface area (Å²) in [5.41, 5.74) is 1.01. The number of piperidine rings is 1. The lowest BCUT2D eigenvalue weighted by molar-refractivity contribution is 0.0996. The molecule has 1 amide bonds. The minimum atomic E-state index is -3.61. The summed E-state index contributed by atoms with van der Waals surface area (Å²) in [5, 5.41) is 0. The summed E-state index contributed by atoms with van der Waals surface area (Å²) in [5.74, 6) is -0.00739. The monoisotopic (exact) mass is 565 g/mol. The van der Waals surface area contributed by atoms with E-state index in [4.69, 9.17) is 4.74 Å². The molecule has 0 bridgehead atoms. The van der Waals surface area contributed by atoms with Crippen molar-refractivity contribution in [3.05, 3.63) is 52.8 Å². The molecule has 2 heterocycles. The lowest BCUT2D eigenvalue weighted by Crippen LogP contribution is -2.37. The summed E-state index contributed by atoms with van der Waals surface area (Å²) in [4.78, 5) is 18.1. The molecule has 1 saturated heterocycles. The molecule has 3 aromatic rings. The highest BCUT2D eigenvalue weighted by molar-refractivity contribution is 7.90.